The topological polar surface area (TPSA) is 113 Å². The molecule has 2 N–H and O–H groups in total. The molecule has 1 aliphatic rings. The fourth-order valence-corrected chi connectivity index (χ4v) is 6.97. The summed E-state index contributed by atoms with van der Waals surface area (Å²) in [6, 6.07) is 10.5. The lowest BCUT2D eigenvalue weighted by molar-refractivity contribution is -0.113. The van der Waals surface area contributed by atoms with Crippen LogP contribution in [0.4, 0.5) is 9.52 Å². The van der Waals surface area contributed by atoms with Crippen LogP contribution >= 0.6 is 34.3 Å². The number of fused-ring (bicyclic) bond motifs is 1. The summed E-state index contributed by atoms with van der Waals surface area (Å²) < 4.78 is 45.3. The second-order valence-corrected chi connectivity index (χ2v) is 11.6. The molecular formula is C21H13ClFN3O5S3. The molecule has 0 saturated carbocycles. The number of hydrogen-bond acceptors (Lipinski definition) is 8. The van der Waals surface area contributed by atoms with Crippen LogP contribution in [-0.2, 0) is 14.8 Å². The highest BCUT2D eigenvalue weighted by molar-refractivity contribution is 7.89. The second kappa shape index (κ2) is 8.24. The third kappa shape index (κ3) is 3.78. The van der Waals surface area contributed by atoms with Gasteiger partial charge in [-0.1, -0.05) is 11.6 Å². The molecule has 13 heteroatoms. The first-order valence-corrected chi connectivity index (χ1v) is 13.0. The van der Waals surface area contributed by atoms with Gasteiger partial charge in [-0.05, 0) is 42.5 Å². The molecule has 0 atom stereocenters. The van der Waals surface area contributed by atoms with Crippen molar-refractivity contribution in [1.29, 1.82) is 0 Å². The zero-order valence-corrected chi connectivity index (χ0v) is 20.3. The zero-order valence-electron chi connectivity index (χ0n) is 17.1. The molecule has 1 aliphatic heterocycles. The Morgan fingerprint density at radius 3 is 2.65 bits per heavy atom. The number of aromatic nitrogens is 1. The summed E-state index contributed by atoms with van der Waals surface area (Å²) in [5.74, 6) is -0.762. The summed E-state index contributed by atoms with van der Waals surface area (Å²) in [5.41, 5.74) is 0.677. The lowest BCUT2D eigenvalue weighted by atomic mass is 10.2. The summed E-state index contributed by atoms with van der Waals surface area (Å²) in [5, 5.41) is 14.9. The van der Waals surface area contributed by atoms with Crippen LogP contribution in [0.25, 0.3) is 28.5 Å². The molecule has 1 aromatic carbocycles. The maximum Gasteiger partial charge on any atom is 0.278 e. The number of sulfonamides is 1. The van der Waals surface area contributed by atoms with Crippen molar-refractivity contribution in [2.75, 3.05) is 12.4 Å². The molecule has 0 radical (unpaired) electrons. The van der Waals surface area contributed by atoms with E-state index in [0.717, 1.165) is 22.7 Å². The highest BCUT2D eigenvalue weighted by atomic mass is 35.5. The number of hydrogen-bond donors (Lipinski definition) is 2. The number of aliphatic hydroxyl groups excluding tert-OH is 1. The van der Waals surface area contributed by atoms with Crippen LogP contribution in [-0.4, -0.2) is 35.8 Å². The third-order valence-electron chi connectivity index (χ3n) is 4.99. The van der Waals surface area contributed by atoms with E-state index in [-0.39, 0.29) is 25.1 Å². The number of halogens is 2. The van der Waals surface area contributed by atoms with Gasteiger partial charge in [0.1, 0.15) is 22.2 Å². The van der Waals surface area contributed by atoms with Gasteiger partial charge in [0.2, 0.25) is 0 Å². The van der Waals surface area contributed by atoms with Crippen LogP contribution < -0.4 is 5.32 Å². The number of carbonyl (C=O) groups excluding carboxylic acids is 1. The minimum atomic E-state index is -4.06. The minimum absolute atomic E-state index is 0.00279. The van der Waals surface area contributed by atoms with E-state index in [1.54, 1.807) is 29.6 Å². The molecule has 34 heavy (non-hydrogen) atoms. The highest BCUT2D eigenvalue weighted by Crippen LogP contribution is 2.42. The standard InChI is InChI=1S/C21H13ClFN3O5S3/c1-26-17(18(27)19-15(34(26,29)30)8-16(22)33-19)20(28)25-21-24-12(9-32-21)14-7-6-13(31-14)10-2-4-11(23)5-3-10/h2-9,27H,1H3,(H,24,25,28). The van der Waals surface area contributed by atoms with E-state index in [9.17, 15) is 22.7 Å². The lowest BCUT2D eigenvalue weighted by Crippen LogP contribution is -2.36. The van der Waals surface area contributed by atoms with Gasteiger partial charge in [0.25, 0.3) is 15.9 Å². The molecular weight excluding hydrogens is 525 g/mol. The van der Waals surface area contributed by atoms with Crippen molar-refractivity contribution >= 4 is 61.1 Å². The maximum atomic E-state index is 13.1. The average Bonchev–Trinajstić information content (AvgIpc) is 3.53. The minimum Gasteiger partial charge on any atom is -0.504 e. The molecule has 5 rings (SSSR count). The van der Waals surface area contributed by atoms with E-state index >= 15 is 0 Å². The van der Waals surface area contributed by atoms with Crippen molar-refractivity contribution in [2.24, 2.45) is 0 Å². The van der Waals surface area contributed by atoms with Gasteiger partial charge < -0.3 is 9.52 Å². The molecule has 0 spiro atoms. The number of likely N-dealkylation sites (N-methyl/N-ethyl adjacent to an activating group) is 1. The van der Waals surface area contributed by atoms with E-state index in [1.807, 2.05) is 0 Å². The zero-order chi connectivity index (χ0) is 24.2. The molecule has 174 valence electrons. The predicted molar refractivity (Wildman–Crippen MR) is 128 cm³/mol. The van der Waals surface area contributed by atoms with Crippen molar-refractivity contribution in [2.45, 2.75) is 4.90 Å². The van der Waals surface area contributed by atoms with E-state index in [1.165, 1.54) is 25.2 Å². The van der Waals surface area contributed by atoms with Gasteiger partial charge in [-0.15, -0.1) is 22.7 Å². The molecule has 1 amide bonds. The lowest BCUT2D eigenvalue weighted by Gasteiger charge is -2.26. The average molecular weight is 538 g/mol. The summed E-state index contributed by atoms with van der Waals surface area (Å²) in [4.78, 5) is 17.1. The number of nitrogens with zero attached hydrogens (tertiary/aromatic N) is 2. The van der Waals surface area contributed by atoms with Crippen molar-refractivity contribution < 1.29 is 27.1 Å². The van der Waals surface area contributed by atoms with Gasteiger partial charge >= 0.3 is 0 Å². The van der Waals surface area contributed by atoms with Crippen molar-refractivity contribution in [3.63, 3.8) is 0 Å². The van der Waals surface area contributed by atoms with Crippen molar-refractivity contribution in [3.05, 3.63) is 68.6 Å². The van der Waals surface area contributed by atoms with Crippen LogP contribution in [0, 0.1) is 5.82 Å². The van der Waals surface area contributed by atoms with Crippen molar-refractivity contribution in [3.8, 4) is 22.8 Å². The number of thiazole rings is 1. The Morgan fingerprint density at radius 2 is 1.91 bits per heavy atom. The van der Waals surface area contributed by atoms with Crippen molar-refractivity contribution in [1.82, 2.24) is 9.29 Å². The van der Waals surface area contributed by atoms with Crippen LogP contribution in [0.1, 0.15) is 4.88 Å². The van der Waals surface area contributed by atoms with Gasteiger partial charge in [0.05, 0.1) is 9.21 Å². The fourth-order valence-electron chi connectivity index (χ4n) is 3.32. The molecule has 3 aromatic heterocycles. The van der Waals surface area contributed by atoms with Gasteiger partial charge in [-0.25, -0.2) is 17.8 Å². The monoisotopic (exact) mass is 537 g/mol. The fraction of sp³-hybridized carbons (Fsp3) is 0.0476. The Balaban J connectivity index is 1.40. The molecule has 0 unspecified atom stereocenters. The molecule has 4 aromatic rings. The number of aliphatic hydroxyl groups is 1. The Kier molecular flexibility index (Phi) is 5.47. The van der Waals surface area contributed by atoms with Crippen LogP contribution in [0.15, 0.2) is 62.9 Å². The van der Waals surface area contributed by atoms with Crippen LogP contribution in [0.2, 0.25) is 4.34 Å². The Bertz CT molecular complexity index is 1570. The number of benzene rings is 1. The van der Waals surface area contributed by atoms with Gasteiger partial charge in [0.15, 0.2) is 22.3 Å². The number of amides is 1. The molecule has 0 saturated heterocycles. The number of nitrogens with one attached hydrogen (secondary N) is 1. The molecule has 0 bridgehead atoms. The van der Waals surface area contributed by atoms with Crippen LogP contribution in [0.3, 0.4) is 0 Å². The van der Waals surface area contributed by atoms with E-state index in [4.69, 9.17) is 16.0 Å². The Morgan fingerprint density at radius 1 is 1.21 bits per heavy atom. The van der Waals surface area contributed by atoms with Gasteiger partial charge in [-0.2, -0.15) is 0 Å². The largest absolute Gasteiger partial charge is 0.504 e. The molecule has 0 fully saturated rings. The number of rotatable bonds is 4. The van der Waals surface area contributed by atoms with Gasteiger partial charge in [0, 0.05) is 18.0 Å². The van der Waals surface area contributed by atoms with E-state index in [2.05, 4.69) is 10.3 Å². The number of carbonyl (C=O) groups is 1. The molecule has 0 aliphatic carbocycles. The number of thiophene rings is 1. The number of anilines is 1. The Hall–Kier alpha value is -3.19. The Labute approximate surface area is 205 Å². The maximum absolute atomic E-state index is 13.1. The first-order chi connectivity index (χ1) is 16.1. The van der Waals surface area contributed by atoms with Gasteiger partial charge in [-0.3, -0.25) is 14.4 Å². The van der Waals surface area contributed by atoms with Crippen LogP contribution in [0.5, 0.6) is 0 Å². The summed E-state index contributed by atoms with van der Waals surface area (Å²) in [6.45, 7) is 0. The highest BCUT2D eigenvalue weighted by Gasteiger charge is 2.39. The predicted octanol–water partition coefficient (Wildman–Crippen LogP) is 5.42. The van der Waals surface area contributed by atoms with E-state index < -0.39 is 27.4 Å². The molecule has 4 heterocycles. The summed E-state index contributed by atoms with van der Waals surface area (Å²) in [6.07, 6.45) is 0. The summed E-state index contributed by atoms with van der Waals surface area (Å²) in [7, 11) is -2.89. The SMILES string of the molecule is CN1C(C(=O)Nc2nc(-c3ccc(-c4ccc(F)cc4)o3)cs2)=C(O)c2sc(Cl)cc2S1(=O)=O. The first kappa shape index (κ1) is 22.6. The molecule has 8 nitrogen and oxygen atoms in total. The normalized spacial score (nSPS) is 14.9. The number of furan rings is 1. The second-order valence-electron chi connectivity index (χ2n) is 7.08. The smallest absolute Gasteiger partial charge is 0.278 e. The quantitative estimate of drug-likeness (QED) is 0.359. The third-order valence-corrected chi connectivity index (χ3v) is 8.93. The van der Waals surface area contributed by atoms with E-state index in [0.29, 0.717) is 27.1 Å². The first-order valence-electron chi connectivity index (χ1n) is 9.50. The summed E-state index contributed by atoms with van der Waals surface area (Å²) >= 11 is 7.88.